The number of pyridine rings is 1. The van der Waals surface area contributed by atoms with E-state index in [2.05, 4.69) is 20.8 Å². The number of fused-ring (bicyclic) bond motifs is 3. The number of benzene rings is 2. The molecular formula is C24H17ClF2N4OS. The Morgan fingerprint density at radius 2 is 2.09 bits per heavy atom. The Labute approximate surface area is 197 Å². The number of amides is 1. The summed E-state index contributed by atoms with van der Waals surface area (Å²) in [6.07, 6.45) is 3.81. The van der Waals surface area contributed by atoms with E-state index in [-0.39, 0.29) is 34.2 Å². The highest BCUT2D eigenvalue weighted by Crippen LogP contribution is 2.44. The number of aromatic nitrogens is 2. The van der Waals surface area contributed by atoms with Gasteiger partial charge in [0.15, 0.2) is 5.82 Å². The van der Waals surface area contributed by atoms with Crippen LogP contribution in [-0.2, 0) is 4.79 Å². The van der Waals surface area contributed by atoms with Crippen LogP contribution in [0, 0.1) is 11.6 Å². The lowest BCUT2D eigenvalue weighted by Crippen LogP contribution is -2.62. The number of carbonyl (C=O) groups is 1. The quantitative estimate of drug-likeness (QED) is 0.366. The highest BCUT2D eigenvalue weighted by atomic mass is 35.5. The van der Waals surface area contributed by atoms with Gasteiger partial charge in [-0.1, -0.05) is 42.4 Å². The first-order valence-electron chi connectivity index (χ1n) is 10.5. The number of halogens is 3. The maximum absolute atomic E-state index is 15.7. The van der Waals surface area contributed by atoms with Gasteiger partial charge in [-0.05, 0) is 35.5 Å². The van der Waals surface area contributed by atoms with Gasteiger partial charge in [0, 0.05) is 30.2 Å². The van der Waals surface area contributed by atoms with E-state index in [1.165, 1.54) is 23.7 Å². The van der Waals surface area contributed by atoms with Crippen molar-refractivity contribution in [3.63, 3.8) is 0 Å². The van der Waals surface area contributed by atoms with E-state index in [0.29, 0.717) is 34.8 Å². The molecule has 166 valence electrons. The monoisotopic (exact) mass is 482 g/mol. The van der Waals surface area contributed by atoms with Gasteiger partial charge in [0.25, 0.3) is 0 Å². The summed E-state index contributed by atoms with van der Waals surface area (Å²) in [4.78, 5) is 20.5. The summed E-state index contributed by atoms with van der Waals surface area (Å²) in [5.41, 5.74) is 0.733. The van der Waals surface area contributed by atoms with Crippen LogP contribution in [0.5, 0.6) is 0 Å². The molecule has 5 nitrogen and oxygen atoms in total. The van der Waals surface area contributed by atoms with Gasteiger partial charge in [-0.25, -0.2) is 8.78 Å². The van der Waals surface area contributed by atoms with Crippen LogP contribution in [0.15, 0.2) is 49.2 Å². The van der Waals surface area contributed by atoms with E-state index in [1.807, 2.05) is 4.90 Å². The zero-order valence-corrected chi connectivity index (χ0v) is 18.8. The van der Waals surface area contributed by atoms with Crippen molar-refractivity contribution in [2.75, 3.05) is 18.0 Å². The summed E-state index contributed by atoms with van der Waals surface area (Å²) in [5, 5.41) is 2.54. The molecule has 0 unspecified atom stereocenters. The number of rotatable bonds is 3. The lowest BCUT2D eigenvalue weighted by Gasteiger charge is -2.47. The molecule has 1 amide bonds. The minimum absolute atomic E-state index is 0.0566. The number of hydrogen-bond donors (Lipinski definition) is 0. The highest BCUT2D eigenvalue weighted by Gasteiger charge is 2.49. The normalized spacial score (nSPS) is 19.7. The molecule has 0 saturated carbocycles. The molecule has 0 N–H and O–H groups in total. The molecule has 2 fully saturated rings. The molecule has 6 rings (SSSR count). The van der Waals surface area contributed by atoms with Crippen molar-refractivity contribution in [3.05, 3.63) is 65.8 Å². The molecule has 0 bridgehead atoms. The van der Waals surface area contributed by atoms with Crippen molar-refractivity contribution in [2.24, 2.45) is 0 Å². The summed E-state index contributed by atoms with van der Waals surface area (Å²) >= 11 is 7.46. The van der Waals surface area contributed by atoms with Crippen LogP contribution in [0.25, 0.3) is 32.9 Å². The van der Waals surface area contributed by atoms with Crippen LogP contribution in [0.3, 0.4) is 0 Å². The Morgan fingerprint density at radius 1 is 1.24 bits per heavy atom. The van der Waals surface area contributed by atoms with Crippen LogP contribution in [0.1, 0.15) is 6.42 Å². The Kier molecular flexibility index (Phi) is 4.64. The highest BCUT2D eigenvalue weighted by molar-refractivity contribution is 7.11. The average molecular weight is 483 g/mol. The maximum atomic E-state index is 15.7. The van der Waals surface area contributed by atoms with Crippen molar-refractivity contribution >= 4 is 55.7 Å². The Hall–Kier alpha value is -3.10. The zero-order chi connectivity index (χ0) is 22.9. The van der Waals surface area contributed by atoms with Gasteiger partial charge in [0.05, 0.1) is 22.5 Å². The molecule has 33 heavy (non-hydrogen) atoms. The van der Waals surface area contributed by atoms with Crippen LogP contribution in [0.2, 0.25) is 5.02 Å². The van der Waals surface area contributed by atoms with Crippen LogP contribution >= 0.6 is 23.1 Å². The Morgan fingerprint density at radius 3 is 2.91 bits per heavy atom. The third-order valence-corrected chi connectivity index (χ3v) is 7.92. The fourth-order valence-corrected chi connectivity index (χ4v) is 6.20. The molecule has 2 saturated heterocycles. The predicted molar refractivity (Wildman–Crippen MR) is 127 cm³/mol. The average Bonchev–Trinajstić information content (AvgIpc) is 3.38. The van der Waals surface area contributed by atoms with Gasteiger partial charge in [0.2, 0.25) is 5.91 Å². The van der Waals surface area contributed by atoms with Gasteiger partial charge in [0.1, 0.15) is 22.0 Å². The number of hydrogen-bond acceptors (Lipinski definition) is 5. The van der Waals surface area contributed by atoms with E-state index in [4.69, 9.17) is 11.6 Å². The largest absolute Gasteiger partial charge is 0.354 e. The van der Waals surface area contributed by atoms with Crippen molar-refractivity contribution < 1.29 is 13.6 Å². The molecular weight excluding hydrogens is 466 g/mol. The molecule has 4 aromatic rings. The van der Waals surface area contributed by atoms with Gasteiger partial charge in [-0.15, -0.1) is 0 Å². The fourth-order valence-electron chi connectivity index (χ4n) is 5.01. The summed E-state index contributed by atoms with van der Waals surface area (Å²) in [6, 6.07) is 8.46. The van der Waals surface area contributed by atoms with Gasteiger partial charge >= 0.3 is 0 Å². The third kappa shape index (κ3) is 2.90. The molecule has 2 aromatic heterocycles. The van der Waals surface area contributed by atoms with Gasteiger partial charge in [-0.2, -0.15) is 4.37 Å². The molecule has 0 aliphatic carbocycles. The summed E-state index contributed by atoms with van der Waals surface area (Å²) in [5.74, 6) is -1.18. The zero-order valence-electron chi connectivity index (χ0n) is 17.3. The maximum Gasteiger partial charge on any atom is 0.246 e. The van der Waals surface area contributed by atoms with E-state index in [0.717, 1.165) is 11.4 Å². The number of anilines is 1. The Bertz CT molecular complexity index is 1470. The molecule has 0 spiro atoms. The minimum atomic E-state index is -0.568. The van der Waals surface area contributed by atoms with Crippen molar-refractivity contribution in [2.45, 2.75) is 18.5 Å². The molecule has 2 aliphatic heterocycles. The minimum Gasteiger partial charge on any atom is -0.354 e. The first-order valence-corrected chi connectivity index (χ1v) is 11.7. The molecule has 4 heterocycles. The van der Waals surface area contributed by atoms with Crippen molar-refractivity contribution in [3.8, 4) is 11.3 Å². The second-order valence-corrected chi connectivity index (χ2v) is 9.38. The van der Waals surface area contributed by atoms with E-state index in [9.17, 15) is 9.18 Å². The summed E-state index contributed by atoms with van der Waals surface area (Å²) in [6.45, 7) is 4.93. The SMILES string of the molecule is C=CC(=O)N1CC[C@@H]2[C@H]1CN2c1snc2c(F)c(-c3cccc4ccc(F)c(Cl)c34)ncc12. The summed E-state index contributed by atoms with van der Waals surface area (Å²) in [7, 11) is 0. The first kappa shape index (κ1) is 20.5. The topological polar surface area (TPSA) is 49.3 Å². The molecule has 2 aliphatic rings. The second kappa shape index (κ2) is 7.46. The van der Waals surface area contributed by atoms with Crippen LogP contribution < -0.4 is 4.90 Å². The van der Waals surface area contributed by atoms with Crippen LogP contribution in [-0.4, -0.2) is 45.3 Å². The molecule has 9 heteroatoms. The summed E-state index contributed by atoms with van der Waals surface area (Å²) < 4.78 is 34.2. The second-order valence-electron chi connectivity index (χ2n) is 8.25. The van der Waals surface area contributed by atoms with E-state index < -0.39 is 11.6 Å². The van der Waals surface area contributed by atoms with Gasteiger partial charge in [-0.3, -0.25) is 9.78 Å². The standard InChI is InChI=1S/C24H17ClF2N4OS/c1-2-18(32)30-9-8-16-17(30)11-31(16)24-14-10-28-22(21(27)23(14)29-33-24)13-5-3-4-12-6-7-15(26)20(25)19(12)13/h2-7,10,16-17H,1,8-9,11H2/t16-,17-/m1/s1. The van der Waals surface area contributed by atoms with E-state index in [1.54, 1.807) is 30.5 Å². The number of likely N-dealkylation sites (tertiary alicyclic amines) is 1. The molecule has 2 aromatic carbocycles. The van der Waals surface area contributed by atoms with Crippen molar-refractivity contribution in [1.29, 1.82) is 0 Å². The smallest absolute Gasteiger partial charge is 0.246 e. The predicted octanol–water partition coefficient (Wildman–Crippen LogP) is 5.42. The lowest BCUT2D eigenvalue weighted by molar-refractivity contribution is -0.127. The van der Waals surface area contributed by atoms with E-state index >= 15 is 4.39 Å². The first-order chi connectivity index (χ1) is 16.0. The van der Waals surface area contributed by atoms with Crippen molar-refractivity contribution in [1.82, 2.24) is 14.3 Å². The third-order valence-electron chi connectivity index (χ3n) is 6.65. The lowest BCUT2D eigenvalue weighted by atomic mass is 9.97. The molecule has 2 atom stereocenters. The number of carbonyl (C=O) groups excluding carboxylic acids is 1. The Balaban J connectivity index is 1.41. The van der Waals surface area contributed by atoms with Crippen LogP contribution in [0.4, 0.5) is 13.8 Å². The molecule has 0 radical (unpaired) electrons. The fraction of sp³-hybridized carbons (Fsp3) is 0.208. The van der Waals surface area contributed by atoms with Gasteiger partial charge < -0.3 is 9.80 Å². The number of nitrogens with zero attached hydrogens (tertiary/aromatic N) is 4.